The zero-order valence-corrected chi connectivity index (χ0v) is 26.2. The lowest BCUT2D eigenvalue weighted by Crippen LogP contribution is -2.55. The first-order chi connectivity index (χ1) is 17.7. The Hall–Kier alpha value is -0.890. The molecule has 1 saturated heterocycles. The van der Waals surface area contributed by atoms with E-state index in [-0.39, 0.29) is 18.7 Å². The fraction of sp³-hybridized carbons (Fsp3) is 0.370. The number of aliphatic hydroxyl groups excluding tert-OH is 1. The Labute approximate surface area is 255 Å². The SMILES string of the molecule is C[C@@H]1CN(C[C@](O)(I)c2ccc(CO)nc2)C[C@@H](c2ccc(Cl)cc2)N1c1ccc(OCCI)cc1Cl. The van der Waals surface area contributed by atoms with Gasteiger partial charge in [-0.2, -0.15) is 0 Å². The van der Waals surface area contributed by atoms with E-state index < -0.39 is 3.61 Å². The molecule has 0 unspecified atom stereocenters. The van der Waals surface area contributed by atoms with Crippen LogP contribution in [0.5, 0.6) is 5.75 Å². The zero-order valence-electron chi connectivity index (χ0n) is 20.3. The van der Waals surface area contributed by atoms with Crippen molar-refractivity contribution in [1.29, 1.82) is 0 Å². The number of rotatable bonds is 9. The van der Waals surface area contributed by atoms with Crippen molar-refractivity contribution in [2.75, 3.05) is 35.6 Å². The molecule has 0 amide bonds. The van der Waals surface area contributed by atoms with Gasteiger partial charge in [0.2, 0.25) is 0 Å². The number of hydrogen-bond donors (Lipinski definition) is 2. The Balaban J connectivity index is 1.62. The summed E-state index contributed by atoms with van der Waals surface area (Å²) in [5.41, 5.74) is 3.34. The Morgan fingerprint density at radius 3 is 2.49 bits per heavy atom. The first-order valence-corrected chi connectivity index (χ1v) is 15.3. The molecule has 1 fully saturated rings. The number of piperazine rings is 1. The molecule has 4 rings (SSSR count). The molecule has 2 N–H and O–H groups in total. The van der Waals surface area contributed by atoms with Crippen LogP contribution in [0, 0.1) is 0 Å². The average Bonchev–Trinajstić information content (AvgIpc) is 2.88. The highest BCUT2D eigenvalue weighted by atomic mass is 127. The van der Waals surface area contributed by atoms with Gasteiger partial charge in [-0.3, -0.25) is 9.88 Å². The van der Waals surface area contributed by atoms with Crippen LogP contribution in [-0.2, 0) is 10.2 Å². The lowest BCUT2D eigenvalue weighted by molar-refractivity contribution is 0.0778. The van der Waals surface area contributed by atoms with Gasteiger partial charge < -0.3 is 19.8 Å². The summed E-state index contributed by atoms with van der Waals surface area (Å²) in [6.45, 7) is 4.53. The number of ether oxygens (including phenoxy) is 1. The third kappa shape index (κ3) is 7.20. The van der Waals surface area contributed by atoms with E-state index in [1.165, 1.54) is 0 Å². The van der Waals surface area contributed by atoms with Gasteiger partial charge >= 0.3 is 0 Å². The van der Waals surface area contributed by atoms with Crippen molar-refractivity contribution >= 4 is 74.1 Å². The second-order valence-electron chi connectivity index (χ2n) is 9.12. The van der Waals surface area contributed by atoms with E-state index in [1.807, 2.05) is 36.4 Å². The molecule has 198 valence electrons. The first kappa shape index (κ1) is 29.1. The highest BCUT2D eigenvalue weighted by Crippen LogP contribution is 2.40. The Morgan fingerprint density at radius 1 is 1.11 bits per heavy atom. The molecule has 2 heterocycles. The number of β-amino-alcohol motifs (C(OH)–C–C–N with tert-alkyl or cyclic N) is 1. The molecule has 1 aromatic heterocycles. The van der Waals surface area contributed by atoms with E-state index in [1.54, 1.807) is 12.3 Å². The van der Waals surface area contributed by atoms with Crippen molar-refractivity contribution in [2.24, 2.45) is 0 Å². The number of aromatic nitrogens is 1. The van der Waals surface area contributed by atoms with Crippen LogP contribution in [0.3, 0.4) is 0 Å². The summed E-state index contributed by atoms with van der Waals surface area (Å²) >= 11 is 17.4. The molecule has 0 bridgehead atoms. The quantitative estimate of drug-likeness (QED) is 0.199. The summed E-state index contributed by atoms with van der Waals surface area (Å²) in [6, 6.07) is 17.5. The number of aliphatic hydroxyl groups is 2. The van der Waals surface area contributed by atoms with Crippen LogP contribution in [0.2, 0.25) is 10.0 Å². The Bertz CT molecular complexity index is 1180. The summed E-state index contributed by atoms with van der Waals surface area (Å²) in [4.78, 5) is 8.88. The number of alkyl halides is 2. The van der Waals surface area contributed by atoms with Gasteiger partial charge in [0, 0.05) is 53.0 Å². The molecule has 6 nitrogen and oxygen atoms in total. The molecule has 0 spiro atoms. The molecule has 0 aliphatic carbocycles. The van der Waals surface area contributed by atoms with Crippen molar-refractivity contribution in [3.63, 3.8) is 0 Å². The number of hydrogen-bond acceptors (Lipinski definition) is 6. The lowest BCUT2D eigenvalue weighted by Gasteiger charge is -2.48. The number of pyridine rings is 1. The predicted octanol–water partition coefficient (Wildman–Crippen LogP) is 6.23. The summed E-state index contributed by atoms with van der Waals surface area (Å²) in [5.74, 6) is 0.760. The second-order valence-corrected chi connectivity index (χ2v) is 12.8. The first-order valence-electron chi connectivity index (χ1n) is 11.9. The number of anilines is 1. The summed E-state index contributed by atoms with van der Waals surface area (Å²) in [6.07, 6.45) is 1.63. The highest BCUT2D eigenvalue weighted by molar-refractivity contribution is 14.1. The molecular weight excluding hydrogens is 739 g/mol. The third-order valence-electron chi connectivity index (χ3n) is 6.42. The maximum absolute atomic E-state index is 11.4. The van der Waals surface area contributed by atoms with E-state index in [4.69, 9.17) is 27.9 Å². The second kappa shape index (κ2) is 13.0. The van der Waals surface area contributed by atoms with Crippen LogP contribution in [0.15, 0.2) is 60.8 Å². The standard InChI is InChI=1S/C27H29Cl2I2N3O3/c1-18-14-33(17-27(31,36)20-4-7-22(16-35)32-13-20)15-26(19-2-5-21(28)6-3-19)34(18)25-9-8-23(12-24(25)29)37-11-10-30/h2-9,12-13,18,26,35-36H,10-11,14-17H2,1H3/t18-,26+,27-/m1/s1. The Morgan fingerprint density at radius 2 is 1.86 bits per heavy atom. The van der Waals surface area contributed by atoms with Gasteiger partial charge in [0.25, 0.3) is 0 Å². The third-order valence-corrected chi connectivity index (χ3v) is 8.38. The van der Waals surface area contributed by atoms with Crippen LogP contribution < -0.4 is 9.64 Å². The number of benzene rings is 2. The van der Waals surface area contributed by atoms with Gasteiger partial charge in [0.15, 0.2) is 3.61 Å². The molecule has 2 aromatic carbocycles. The fourth-order valence-corrected chi connectivity index (χ4v) is 6.15. The minimum Gasteiger partial charge on any atom is -0.493 e. The van der Waals surface area contributed by atoms with Crippen LogP contribution >= 0.6 is 68.4 Å². The van der Waals surface area contributed by atoms with Crippen molar-refractivity contribution < 1.29 is 14.9 Å². The van der Waals surface area contributed by atoms with Crippen molar-refractivity contribution in [3.05, 3.63) is 87.7 Å². The largest absolute Gasteiger partial charge is 0.493 e. The average molecular weight is 768 g/mol. The van der Waals surface area contributed by atoms with Crippen LogP contribution in [0.25, 0.3) is 0 Å². The van der Waals surface area contributed by atoms with E-state index in [9.17, 15) is 10.2 Å². The monoisotopic (exact) mass is 767 g/mol. The molecule has 3 atom stereocenters. The molecule has 1 aliphatic heterocycles. The Kier molecular flexibility index (Phi) is 10.2. The van der Waals surface area contributed by atoms with Gasteiger partial charge in [-0.25, -0.2) is 0 Å². The van der Waals surface area contributed by atoms with Gasteiger partial charge in [0.1, 0.15) is 5.75 Å². The zero-order chi connectivity index (χ0) is 26.6. The number of halogens is 4. The summed E-state index contributed by atoms with van der Waals surface area (Å²) in [5, 5.41) is 22.0. The van der Waals surface area contributed by atoms with Crippen LogP contribution in [0.1, 0.15) is 29.8 Å². The van der Waals surface area contributed by atoms with E-state index in [2.05, 4.69) is 79.0 Å². The van der Waals surface area contributed by atoms with Gasteiger partial charge in [-0.1, -0.05) is 64.0 Å². The minimum atomic E-state index is -1.14. The van der Waals surface area contributed by atoms with Crippen molar-refractivity contribution in [3.8, 4) is 5.75 Å². The maximum Gasteiger partial charge on any atom is 0.155 e. The van der Waals surface area contributed by atoms with E-state index in [0.29, 0.717) is 41.0 Å². The molecule has 10 heteroatoms. The molecular formula is C27H29Cl2I2N3O3. The normalized spacial score (nSPS) is 20.0. The van der Waals surface area contributed by atoms with Crippen molar-refractivity contribution in [2.45, 2.75) is 29.2 Å². The predicted molar refractivity (Wildman–Crippen MR) is 166 cm³/mol. The van der Waals surface area contributed by atoms with E-state index >= 15 is 0 Å². The van der Waals surface area contributed by atoms with E-state index in [0.717, 1.165) is 28.0 Å². The molecule has 0 saturated carbocycles. The van der Waals surface area contributed by atoms with Crippen LogP contribution in [-0.4, -0.2) is 56.8 Å². The molecule has 0 radical (unpaired) electrons. The topological polar surface area (TPSA) is 69.1 Å². The minimum absolute atomic E-state index is 0.0123. The smallest absolute Gasteiger partial charge is 0.155 e. The maximum atomic E-state index is 11.4. The fourth-order valence-electron chi connectivity index (χ4n) is 4.74. The van der Waals surface area contributed by atoms with Gasteiger partial charge in [-0.05, 0) is 65.4 Å². The van der Waals surface area contributed by atoms with Crippen LogP contribution in [0.4, 0.5) is 5.69 Å². The number of nitrogens with zero attached hydrogens (tertiary/aromatic N) is 3. The van der Waals surface area contributed by atoms with Gasteiger partial charge in [-0.15, -0.1) is 0 Å². The van der Waals surface area contributed by atoms with Crippen molar-refractivity contribution in [1.82, 2.24) is 9.88 Å². The highest BCUT2D eigenvalue weighted by Gasteiger charge is 2.38. The van der Waals surface area contributed by atoms with Gasteiger partial charge in [0.05, 0.1) is 35.7 Å². The summed E-state index contributed by atoms with van der Waals surface area (Å²) < 4.78 is 5.54. The lowest BCUT2D eigenvalue weighted by atomic mass is 9.97. The summed E-state index contributed by atoms with van der Waals surface area (Å²) in [7, 11) is 0. The molecule has 37 heavy (non-hydrogen) atoms. The molecule has 1 aliphatic rings. The molecule has 3 aromatic rings.